The van der Waals surface area contributed by atoms with Gasteiger partial charge >= 0.3 is 0 Å². The predicted octanol–water partition coefficient (Wildman–Crippen LogP) is 2.98. The molecule has 1 fully saturated rings. The van der Waals surface area contributed by atoms with Crippen molar-refractivity contribution in [3.8, 4) is 0 Å². The van der Waals surface area contributed by atoms with E-state index >= 15 is 0 Å². The molecule has 6 heteroatoms. The molecule has 3 nitrogen and oxygen atoms in total. The smallest absolute Gasteiger partial charge is 0.268 e. The van der Waals surface area contributed by atoms with Crippen molar-refractivity contribution in [2.45, 2.75) is 36.7 Å². The van der Waals surface area contributed by atoms with Crippen LogP contribution in [0.25, 0.3) is 0 Å². The van der Waals surface area contributed by atoms with Gasteiger partial charge in [-0.15, -0.1) is 0 Å². The zero-order valence-corrected chi connectivity index (χ0v) is 11.9. The van der Waals surface area contributed by atoms with Crippen molar-refractivity contribution in [2.75, 3.05) is 0 Å². The van der Waals surface area contributed by atoms with E-state index in [1.54, 1.807) is 25.1 Å². The fourth-order valence-corrected chi connectivity index (χ4v) is 3.81. The second-order valence-electron chi connectivity index (χ2n) is 5.41. The van der Waals surface area contributed by atoms with Gasteiger partial charge in [0.05, 0.1) is 6.04 Å². The van der Waals surface area contributed by atoms with E-state index in [0.29, 0.717) is 10.7 Å². The lowest BCUT2D eigenvalue weighted by Crippen LogP contribution is -2.25. The summed E-state index contributed by atoms with van der Waals surface area (Å²) in [5.74, 6) is -0.755. The second-order valence-corrected chi connectivity index (χ2v) is 6.70. The number of nitrogens with zero attached hydrogens (tertiary/aromatic N) is 1. The van der Waals surface area contributed by atoms with Crippen molar-refractivity contribution in [1.82, 2.24) is 5.32 Å². The number of aliphatic imine (C=N–C) groups is 1. The standard InChI is InChI=1S/C14H14F2N2OS/c1-8(9-5-3-4-6-10(9)15)17-12-18-11(19)14(20-12)7-13(14,2)16/h3-6,8H,7H2,1-2H3,(H,17,18,19)/t8-,13?,14+/m0/s1. The Morgan fingerprint density at radius 1 is 1.45 bits per heavy atom. The number of hydrogen-bond donors (Lipinski definition) is 1. The van der Waals surface area contributed by atoms with E-state index in [9.17, 15) is 13.6 Å². The van der Waals surface area contributed by atoms with Crippen LogP contribution < -0.4 is 5.32 Å². The van der Waals surface area contributed by atoms with Gasteiger partial charge in [-0.2, -0.15) is 4.99 Å². The average Bonchev–Trinajstić information content (AvgIpc) is 2.77. The molecular formula is C14H14F2N2OS. The number of rotatable bonds is 2. The second kappa shape index (κ2) is 4.28. The lowest BCUT2D eigenvalue weighted by atomic mass is 10.1. The van der Waals surface area contributed by atoms with Crippen molar-refractivity contribution < 1.29 is 13.6 Å². The number of carbonyl (C=O) groups excluding carboxylic acids is 1. The molecule has 1 saturated carbocycles. The predicted molar refractivity (Wildman–Crippen MR) is 74.8 cm³/mol. The Bertz CT molecular complexity index is 617. The lowest BCUT2D eigenvalue weighted by molar-refractivity contribution is -0.118. The number of hydrogen-bond acceptors (Lipinski definition) is 3. The van der Waals surface area contributed by atoms with Crippen molar-refractivity contribution in [2.24, 2.45) is 4.99 Å². The molecule has 0 aromatic heterocycles. The van der Waals surface area contributed by atoms with Gasteiger partial charge in [-0.3, -0.25) is 4.79 Å². The maximum Gasteiger partial charge on any atom is 0.268 e. The van der Waals surface area contributed by atoms with E-state index in [0.717, 1.165) is 11.8 Å². The number of nitrogens with one attached hydrogen (secondary N) is 1. The van der Waals surface area contributed by atoms with Crippen LogP contribution in [0.5, 0.6) is 0 Å². The Kier molecular flexibility index (Phi) is 2.90. The van der Waals surface area contributed by atoms with Crippen molar-refractivity contribution in [1.29, 1.82) is 0 Å². The number of benzene rings is 1. The van der Waals surface area contributed by atoms with Crippen LogP contribution in [0.1, 0.15) is 31.9 Å². The van der Waals surface area contributed by atoms with Crippen LogP contribution in [0.15, 0.2) is 29.3 Å². The topological polar surface area (TPSA) is 41.5 Å². The van der Waals surface area contributed by atoms with E-state index in [2.05, 4.69) is 10.3 Å². The molecular weight excluding hydrogens is 282 g/mol. The number of alkyl halides is 1. The first-order chi connectivity index (χ1) is 9.36. The van der Waals surface area contributed by atoms with Gasteiger partial charge in [-0.05, 0) is 19.9 Å². The van der Waals surface area contributed by atoms with Gasteiger partial charge in [-0.25, -0.2) is 8.78 Å². The normalized spacial score (nSPS) is 33.2. The molecule has 3 atom stereocenters. The van der Waals surface area contributed by atoms with Gasteiger partial charge in [0.1, 0.15) is 16.2 Å². The molecule has 1 N–H and O–H groups in total. The maximum absolute atomic E-state index is 13.9. The third kappa shape index (κ3) is 1.93. The SMILES string of the molecule is C[C@H](NC1=NC(=O)[C@@]2(CC2(C)F)S1)c1ccccc1F. The zero-order valence-electron chi connectivity index (χ0n) is 11.1. The van der Waals surface area contributed by atoms with Gasteiger partial charge in [0.2, 0.25) is 0 Å². The molecule has 1 aliphatic heterocycles. The Hall–Kier alpha value is -1.43. The minimum Gasteiger partial charge on any atom is -0.358 e. The number of carbonyl (C=O) groups is 1. The highest BCUT2D eigenvalue weighted by Gasteiger charge is 2.74. The number of halogens is 2. The zero-order chi connectivity index (χ0) is 14.5. The molecule has 106 valence electrons. The summed E-state index contributed by atoms with van der Waals surface area (Å²) in [6.07, 6.45) is 0.187. The summed E-state index contributed by atoms with van der Waals surface area (Å²) in [4.78, 5) is 15.7. The third-order valence-electron chi connectivity index (χ3n) is 3.83. The molecule has 0 saturated heterocycles. The number of amidine groups is 1. The number of amides is 1. The Morgan fingerprint density at radius 2 is 2.10 bits per heavy atom. The molecule has 1 aliphatic carbocycles. The van der Waals surface area contributed by atoms with Gasteiger partial charge in [-0.1, -0.05) is 30.0 Å². The summed E-state index contributed by atoms with van der Waals surface area (Å²) in [7, 11) is 0. The van der Waals surface area contributed by atoms with Crippen molar-refractivity contribution >= 4 is 22.8 Å². The molecule has 1 spiro atoms. The molecule has 1 heterocycles. The maximum atomic E-state index is 13.9. The summed E-state index contributed by atoms with van der Waals surface area (Å²) in [5.41, 5.74) is -1.01. The van der Waals surface area contributed by atoms with Crippen LogP contribution in [0, 0.1) is 5.82 Å². The van der Waals surface area contributed by atoms with Gasteiger partial charge in [0, 0.05) is 12.0 Å². The fourth-order valence-electron chi connectivity index (χ4n) is 2.43. The van der Waals surface area contributed by atoms with E-state index in [4.69, 9.17) is 0 Å². The molecule has 1 aromatic rings. The van der Waals surface area contributed by atoms with Crippen molar-refractivity contribution in [3.63, 3.8) is 0 Å². The van der Waals surface area contributed by atoms with E-state index in [1.165, 1.54) is 13.0 Å². The molecule has 1 aromatic carbocycles. The van der Waals surface area contributed by atoms with Crippen LogP contribution in [0.2, 0.25) is 0 Å². The molecule has 0 bridgehead atoms. The van der Waals surface area contributed by atoms with Crippen molar-refractivity contribution in [3.05, 3.63) is 35.6 Å². The summed E-state index contributed by atoms with van der Waals surface area (Å²) in [5, 5.41) is 3.35. The minimum absolute atomic E-state index is 0.187. The molecule has 1 amide bonds. The largest absolute Gasteiger partial charge is 0.358 e. The summed E-state index contributed by atoms with van der Waals surface area (Å²) in [6, 6.07) is 6.07. The van der Waals surface area contributed by atoms with E-state index in [1.807, 2.05) is 0 Å². The molecule has 1 unspecified atom stereocenters. The first-order valence-electron chi connectivity index (χ1n) is 6.38. The van der Waals surface area contributed by atoms with Gasteiger partial charge in [0.15, 0.2) is 5.17 Å². The summed E-state index contributed by atoms with van der Waals surface area (Å²) in [6.45, 7) is 3.19. The van der Waals surface area contributed by atoms with E-state index < -0.39 is 16.3 Å². The first-order valence-corrected chi connectivity index (χ1v) is 7.19. The van der Waals surface area contributed by atoms with Crippen LogP contribution in [0.3, 0.4) is 0 Å². The van der Waals surface area contributed by atoms with Crippen LogP contribution in [-0.2, 0) is 4.79 Å². The Balaban J connectivity index is 1.73. The Morgan fingerprint density at radius 3 is 2.65 bits per heavy atom. The van der Waals surface area contributed by atoms with Gasteiger partial charge in [0.25, 0.3) is 5.91 Å². The van der Waals surface area contributed by atoms with E-state index in [-0.39, 0.29) is 18.3 Å². The van der Waals surface area contributed by atoms with Crippen LogP contribution in [0.4, 0.5) is 8.78 Å². The van der Waals surface area contributed by atoms with Crippen LogP contribution in [-0.4, -0.2) is 21.5 Å². The highest BCUT2D eigenvalue weighted by molar-refractivity contribution is 8.16. The number of thioether (sulfide) groups is 1. The average molecular weight is 296 g/mol. The monoisotopic (exact) mass is 296 g/mol. The molecule has 3 rings (SSSR count). The summed E-state index contributed by atoms with van der Waals surface area (Å²) < 4.78 is 26.5. The fraction of sp³-hybridized carbons (Fsp3) is 0.429. The molecule has 2 aliphatic rings. The van der Waals surface area contributed by atoms with Crippen LogP contribution >= 0.6 is 11.8 Å². The minimum atomic E-state index is -1.50. The lowest BCUT2D eigenvalue weighted by Gasteiger charge is -2.16. The molecule has 0 radical (unpaired) electrons. The first kappa shape index (κ1) is 13.5. The molecule has 20 heavy (non-hydrogen) atoms. The summed E-state index contributed by atoms with van der Waals surface area (Å²) >= 11 is 1.11. The highest BCUT2D eigenvalue weighted by atomic mass is 32.2. The highest BCUT2D eigenvalue weighted by Crippen LogP contribution is 2.63. The quantitative estimate of drug-likeness (QED) is 0.912. The Labute approximate surface area is 119 Å². The third-order valence-corrected chi connectivity index (χ3v) is 5.32. The van der Waals surface area contributed by atoms with Gasteiger partial charge < -0.3 is 5.32 Å².